The number of rotatable bonds is 28. The number of carbonyl (C=O) groups excluding carboxylic acids is 2. The van der Waals surface area contributed by atoms with Crippen LogP contribution in [0, 0.1) is 7.14 Å². The number of benzene rings is 2. The summed E-state index contributed by atoms with van der Waals surface area (Å²) in [5, 5.41) is 22.5. The van der Waals surface area contributed by atoms with Gasteiger partial charge in [-0.05, 0) is 93.4 Å². The van der Waals surface area contributed by atoms with Crippen LogP contribution in [0.5, 0.6) is 11.5 Å². The molecule has 0 aliphatic carbocycles. The predicted octanol–water partition coefficient (Wildman–Crippen LogP) is 11.3. The zero-order valence-corrected chi connectivity index (χ0v) is 33.7. The monoisotopic (exact) mass is 889 g/mol. The van der Waals surface area contributed by atoms with Crippen molar-refractivity contribution in [1.82, 2.24) is 5.32 Å². The lowest BCUT2D eigenvalue weighted by atomic mass is 10.0. The van der Waals surface area contributed by atoms with Crippen LogP contribution >= 0.6 is 45.2 Å². The normalized spacial score (nSPS) is 11.8. The first-order valence-corrected chi connectivity index (χ1v) is 20.9. The van der Waals surface area contributed by atoms with E-state index in [1.54, 1.807) is 24.3 Å². The first kappa shape index (κ1) is 42.6. The largest absolute Gasteiger partial charge is 0.508 e. The van der Waals surface area contributed by atoms with Gasteiger partial charge in [0.2, 0.25) is 5.91 Å². The molecule has 0 radical (unpaired) electrons. The maximum absolute atomic E-state index is 13.0. The first-order chi connectivity index (χ1) is 23.3. The van der Waals surface area contributed by atoms with Crippen molar-refractivity contribution in [1.29, 1.82) is 0 Å². The van der Waals surface area contributed by atoms with E-state index in [1.807, 2.05) is 12.1 Å². The number of phenolic OH excluding ortho intramolecular Hbond substituents is 2. The molecule has 0 saturated carbocycles. The van der Waals surface area contributed by atoms with Crippen LogP contribution in [0.3, 0.4) is 0 Å². The highest BCUT2D eigenvalue weighted by Gasteiger charge is 2.23. The molecule has 0 aromatic heterocycles. The Hall–Kier alpha value is -1.56. The van der Waals surface area contributed by atoms with Crippen molar-refractivity contribution in [2.45, 2.75) is 161 Å². The van der Waals surface area contributed by atoms with Crippen LogP contribution in [0.15, 0.2) is 36.4 Å². The highest BCUT2D eigenvalue weighted by Crippen LogP contribution is 2.28. The molecule has 0 saturated heterocycles. The predicted molar refractivity (Wildman–Crippen MR) is 215 cm³/mol. The van der Waals surface area contributed by atoms with E-state index in [0.717, 1.165) is 37.5 Å². The Bertz CT molecular complexity index is 1130. The van der Waals surface area contributed by atoms with Crippen molar-refractivity contribution in [3.8, 4) is 11.5 Å². The topological polar surface area (TPSA) is 95.9 Å². The average molecular weight is 890 g/mol. The Morgan fingerprint density at radius 2 is 1.10 bits per heavy atom. The minimum atomic E-state index is -0.799. The molecule has 2 aromatic rings. The molecule has 0 heterocycles. The number of nitrogens with one attached hydrogen (secondary N) is 1. The van der Waals surface area contributed by atoms with Crippen LogP contribution in [0.2, 0.25) is 0 Å². The van der Waals surface area contributed by atoms with E-state index in [4.69, 9.17) is 4.74 Å². The molecule has 6 nitrogen and oxygen atoms in total. The van der Waals surface area contributed by atoms with Gasteiger partial charge in [0.05, 0.1) is 13.7 Å². The van der Waals surface area contributed by atoms with Gasteiger partial charge in [-0.1, -0.05) is 141 Å². The number of aryl methyl sites for hydroxylation is 1. The molecule has 0 aliphatic rings. The molecule has 48 heavy (non-hydrogen) atoms. The van der Waals surface area contributed by atoms with Crippen molar-refractivity contribution in [2.24, 2.45) is 0 Å². The van der Waals surface area contributed by atoms with Gasteiger partial charge in [-0.2, -0.15) is 0 Å². The Morgan fingerprint density at radius 3 is 1.56 bits per heavy atom. The van der Waals surface area contributed by atoms with Crippen LogP contribution < -0.4 is 5.32 Å². The first-order valence-electron chi connectivity index (χ1n) is 18.7. The van der Waals surface area contributed by atoms with Crippen LogP contribution in [0.4, 0.5) is 0 Å². The van der Waals surface area contributed by atoms with Crippen LogP contribution in [0.1, 0.15) is 153 Å². The smallest absolute Gasteiger partial charge is 0.328 e. The Morgan fingerprint density at radius 1 is 0.667 bits per heavy atom. The van der Waals surface area contributed by atoms with E-state index in [0.29, 0.717) is 19.4 Å². The molecule has 270 valence electrons. The lowest BCUT2D eigenvalue weighted by Gasteiger charge is -2.18. The van der Waals surface area contributed by atoms with Gasteiger partial charge < -0.3 is 20.3 Å². The second-order valence-corrected chi connectivity index (χ2v) is 15.6. The maximum Gasteiger partial charge on any atom is 0.328 e. The highest BCUT2D eigenvalue weighted by atomic mass is 127. The lowest BCUT2D eigenvalue weighted by molar-refractivity contribution is -0.148. The number of carbonyl (C=O) groups is 2. The van der Waals surface area contributed by atoms with Gasteiger partial charge in [0.1, 0.15) is 17.5 Å². The summed E-state index contributed by atoms with van der Waals surface area (Å²) in [5.41, 5.74) is 1.78. The van der Waals surface area contributed by atoms with Crippen molar-refractivity contribution in [3.63, 3.8) is 0 Å². The fourth-order valence-electron chi connectivity index (χ4n) is 5.98. The second-order valence-electron chi connectivity index (χ2n) is 13.3. The Balaban J connectivity index is 1.55. The standard InChI is InChI=1S/C40H61I2NO5/c1-2-3-4-5-6-7-8-9-10-11-12-13-14-15-16-17-18-19-20-21-28-48-40(47)37(31-32-22-25-34(44)26-23-32)43-38(45)27-24-33-29-35(41)39(46)36(42)30-33/h22-23,25-26,29-30,37,44,46H,2-21,24,27-28,31H2,1H3,(H,43,45). The third-order valence-corrected chi connectivity index (χ3v) is 10.6. The number of halogens is 2. The molecule has 0 spiro atoms. The third-order valence-electron chi connectivity index (χ3n) is 8.96. The summed E-state index contributed by atoms with van der Waals surface area (Å²) in [6.45, 7) is 2.63. The minimum Gasteiger partial charge on any atom is -0.508 e. The van der Waals surface area contributed by atoms with Crippen LogP contribution in [-0.2, 0) is 27.2 Å². The van der Waals surface area contributed by atoms with E-state index in [1.165, 1.54) is 109 Å². The summed E-state index contributed by atoms with van der Waals surface area (Å²) in [6.07, 6.45) is 27.5. The van der Waals surface area contributed by atoms with Gasteiger partial charge in [0, 0.05) is 12.8 Å². The van der Waals surface area contributed by atoms with Crippen molar-refractivity contribution in [2.75, 3.05) is 6.61 Å². The maximum atomic E-state index is 13.0. The summed E-state index contributed by atoms with van der Waals surface area (Å²) >= 11 is 4.16. The third kappa shape index (κ3) is 20.2. The molecule has 1 atom stereocenters. The fraction of sp³-hybridized carbons (Fsp3) is 0.650. The summed E-state index contributed by atoms with van der Waals surface area (Å²) in [6, 6.07) is 9.59. The molecule has 2 rings (SSSR count). The zero-order chi connectivity index (χ0) is 34.8. The average Bonchev–Trinajstić information content (AvgIpc) is 3.07. The molecule has 3 N–H and O–H groups in total. The summed E-state index contributed by atoms with van der Waals surface area (Å²) in [7, 11) is 0. The number of unbranched alkanes of at least 4 members (excludes halogenated alkanes) is 19. The molecule has 2 aromatic carbocycles. The van der Waals surface area contributed by atoms with Gasteiger partial charge in [0.15, 0.2) is 0 Å². The molecule has 1 unspecified atom stereocenters. The van der Waals surface area contributed by atoms with E-state index >= 15 is 0 Å². The van der Waals surface area contributed by atoms with Gasteiger partial charge in [-0.3, -0.25) is 4.79 Å². The second kappa shape index (κ2) is 27.2. The van der Waals surface area contributed by atoms with E-state index in [-0.39, 0.29) is 23.8 Å². The van der Waals surface area contributed by atoms with Crippen molar-refractivity contribution >= 4 is 57.1 Å². The van der Waals surface area contributed by atoms with E-state index < -0.39 is 12.0 Å². The summed E-state index contributed by atoms with van der Waals surface area (Å²) in [4.78, 5) is 25.9. The quantitative estimate of drug-likeness (QED) is 0.0449. The lowest BCUT2D eigenvalue weighted by Crippen LogP contribution is -2.43. The SMILES string of the molecule is CCCCCCCCCCCCCCCCCCCCCCOC(=O)C(Cc1ccc(O)cc1)NC(=O)CCc1cc(I)c(O)c(I)c1. The van der Waals surface area contributed by atoms with Gasteiger partial charge in [0.25, 0.3) is 0 Å². The summed E-state index contributed by atoms with van der Waals surface area (Å²) in [5.74, 6) is -0.253. The molecular formula is C40H61I2NO5. The van der Waals surface area contributed by atoms with Crippen LogP contribution in [0.25, 0.3) is 0 Å². The van der Waals surface area contributed by atoms with E-state index in [2.05, 4.69) is 57.4 Å². The van der Waals surface area contributed by atoms with Gasteiger partial charge >= 0.3 is 5.97 Å². The zero-order valence-electron chi connectivity index (χ0n) is 29.4. The van der Waals surface area contributed by atoms with Crippen molar-refractivity contribution in [3.05, 3.63) is 54.7 Å². The Kier molecular flexibility index (Phi) is 24.1. The number of hydrogen-bond acceptors (Lipinski definition) is 5. The number of hydrogen-bond donors (Lipinski definition) is 3. The van der Waals surface area contributed by atoms with E-state index in [9.17, 15) is 19.8 Å². The van der Waals surface area contributed by atoms with Crippen molar-refractivity contribution < 1.29 is 24.5 Å². The molecular weight excluding hydrogens is 828 g/mol. The molecule has 8 heteroatoms. The number of esters is 1. The molecule has 0 fully saturated rings. The number of phenols is 2. The van der Waals surface area contributed by atoms with Gasteiger partial charge in [-0.25, -0.2) is 4.79 Å². The minimum absolute atomic E-state index is 0.152. The number of amides is 1. The fourth-order valence-corrected chi connectivity index (χ4v) is 7.88. The number of aromatic hydroxyl groups is 2. The molecule has 0 aliphatic heterocycles. The number of ether oxygens (including phenoxy) is 1. The molecule has 1 amide bonds. The molecule has 0 bridgehead atoms. The van der Waals surface area contributed by atoms with Gasteiger partial charge in [-0.15, -0.1) is 0 Å². The Labute approximate surface area is 318 Å². The summed E-state index contributed by atoms with van der Waals surface area (Å²) < 4.78 is 7.10. The van der Waals surface area contributed by atoms with Crippen LogP contribution in [-0.4, -0.2) is 34.7 Å². The highest BCUT2D eigenvalue weighted by molar-refractivity contribution is 14.1.